The summed E-state index contributed by atoms with van der Waals surface area (Å²) in [6, 6.07) is 5.21. The molecule has 1 rings (SSSR count). The van der Waals surface area contributed by atoms with Gasteiger partial charge in [-0.3, -0.25) is 4.79 Å². The Balaban J connectivity index is 3.11. The molecule has 0 spiro atoms. The first kappa shape index (κ1) is 12.5. The molecule has 1 unspecified atom stereocenters. The number of nitrogens with two attached hydrogens (primary N) is 1. The standard InChI is InChI=1S/C12H18N2O2/c1-4-8-7-9(5-6-10(8)16-3)11(14-2)12(13)15/h5-7,11,14H,4H2,1-3H3,(H2,13,15). The van der Waals surface area contributed by atoms with E-state index in [0.29, 0.717) is 0 Å². The lowest BCUT2D eigenvalue weighted by Crippen LogP contribution is -2.31. The van der Waals surface area contributed by atoms with E-state index in [1.54, 1.807) is 14.2 Å². The molecule has 1 aromatic rings. The number of rotatable bonds is 5. The predicted molar refractivity (Wildman–Crippen MR) is 63.4 cm³/mol. The van der Waals surface area contributed by atoms with Gasteiger partial charge in [0.2, 0.25) is 5.91 Å². The second-order valence-electron chi connectivity index (χ2n) is 3.55. The van der Waals surface area contributed by atoms with Crippen molar-refractivity contribution >= 4 is 5.91 Å². The molecule has 0 bridgehead atoms. The van der Waals surface area contributed by atoms with Crippen molar-refractivity contribution in [3.8, 4) is 5.75 Å². The molecular weight excluding hydrogens is 204 g/mol. The van der Waals surface area contributed by atoms with E-state index < -0.39 is 6.04 Å². The molecule has 3 N–H and O–H groups in total. The number of hydrogen-bond acceptors (Lipinski definition) is 3. The van der Waals surface area contributed by atoms with E-state index in [-0.39, 0.29) is 5.91 Å². The van der Waals surface area contributed by atoms with Crippen LogP contribution in [0.5, 0.6) is 5.75 Å². The lowest BCUT2D eigenvalue weighted by molar-refractivity contribution is -0.120. The molecule has 88 valence electrons. The zero-order valence-electron chi connectivity index (χ0n) is 9.91. The summed E-state index contributed by atoms with van der Waals surface area (Å²) in [7, 11) is 3.35. The van der Waals surface area contributed by atoms with E-state index in [2.05, 4.69) is 5.32 Å². The Hall–Kier alpha value is -1.55. The first-order chi connectivity index (χ1) is 7.63. The number of ether oxygens (including phenoxy) is 1. The molecule has 1 amide bonds. The number of primary amides is 1. The molecule has 0 heterocycles. The predicted octanol–water partition coefficient (Wildman–Crippen LogP) is 1.00. The van der Waals surface area contributed by atoms with Crippen molar-refractivity contribution < 1.29 is 9.53 Å². The quantitative estimate of drug-likeness (QED) is 0.781. The highest BCUT2D eigenvalue weighted by molar-refractivity contribution is 5.81. The number of likely N-dealkylation sites (N-methyl/N-ethyl adjacent to an activating group) is 1. The summed E-state index contributed by atoms with van der Waals surface area (Å²) >= 11 is 0. The number of amides is 1. The zero-order chi connectivity index (χ0) is 12.1. The van der Waals surface area contributed by atoms with Crippen molar-refractivity contribution in [1.29, 1.82) is 0 Å². The number of carbonyl (C=O) groups is 1. The lowest BCUT2D eigenvalue weighted by Gasteiger charge is -2.15. The monoisotopic (exact) mass is 222 g/mol. The highest BCUT2D eigenvalue weighted by Crippen LogP contribution is 2.23. The Morgan fingerprint density at radius 2 is 2.25 bits per heavy atom. The average Bonchev–Trinajstić information content (AvgIpc) is 2.29. The molecule has 1 aromatic carbocycles. The van der Waals surface area contributed by atoms with Crippen molar-refractivity contribution in [2.45, 2.75) is 19.4 Å². The van der Waals surface area contributed by atoms with Crippen LogP contribution in [0.1, 0.15) is 24.1 Å². The number of carbonyl (C=O) groups excluding carboxylic acids is 1. The van der Waals surface area contributed by atoms with E-state index in [4.69, 9.17) is 10.5 Å². The number of methoxy groups -OCH3 is 1. The number of hydrogen-bond donors (Lipinski definition) is 2. The lowest BCUT2D eigenvalue weighted by atomic mass is 10.0. The Morgan fingerprint density at radius 1 is 1.56 bits per heavy atom. The molecule has 1 atom stereocenters. The Kier molecular flexibility index (Phi) is 4.31. The topological polar surface area (TPSA) is 64.3 Å². The van der Waals surface area contributed by atoms with Crippen LogP contribution in [-0.2, 0) is 11.2 Å². The van der Waals surface area contributed by atoms with Gasteiger partial charge >= 0.3 is 0 Å². The summed E-state index contributed by atoms with van der Waals surface area (Å²) < 4.78 is 5.23. The van der Waals surface area contributed by atoms with Gasteiger partial charge in [0.25, 0.3) is 0 Å². The molecule has 16 heavy (non-hydrogen) atoms. The van der Waals surface area contributed by atoms with Crippen molar-refractivity contribution in [1.82, 2.24) is 5.32 Å². The highest BCUT2D eigenvalue weighted by Gasteiger charge is 2.16. The minimum absolute atomic E-state index is 0.380. The largest absolute Gasteiger partial charge is 0.496 e. The average molecular weight is 222 g/mol. The first-order valence-corrected chi connectivity index (χ1v) is 5.27. The van der Waals surface area contributed by atoms with Gasteiger partial charge in [0.15, 0.2) is 0 Å². The van der Waals surface area contributed by atoms with Gasteiger partial charge in [-0.1, -0.05) is 19.1 Å². The van der Waals surface area contributed by atoms with Crippen molar-refractivity contribution in [3.05, 3.63) is 29.3 Å². The molecule has 0 fully saturated rings. The first-order valence-electron chi connectivity index (χ1n) is 5.27. The van der Waals surface area contributed by atoms with Crippen LogP contribution in [0.15, 0.2) is 18.2 Å². The van der Waals surface area contributed by atoms with Gasteiger partial charge < -0.3 is 15.8 Å². The minimum Gasteiger partial charge on any atom is -0.496 e. The van der Waals surface area contributed by atoms with Crippen LogP contribution in [-0.4, -0.2) is 20.1 Å². The van der Waals surface area contributed by atoms with Gasteiger partial charge in [-0.05, 0) is 30.7 Å². The van der Waals surface area contributed by atoms with Crippen molar-refractivity contribution in [2.75, 3.05) is 14.2 Å². The molecule has 0 radical (unpaired) electrons. The summed E-state index contributed by atoms with van der Waals surface area (Å²) in [5, 5.41) is 2.89. The maximum Gasteiger partial charge on any atom is 0.239 e. The van der Waals surface area contributed by atoms with Crippen LogP contribution in [0.25, 0.3) is 0 Å². The second-order valence-corrected chi connectivity index (χ2v) is 3.55. The van der Waals surface area contributed by atoms with Crippen molar-refractivity contribution in [2.24, 2.45) is 5.73 Å². The number of nitrogens with one attached hydrogen (secondary N) is 1. The van der Waals surface area contributed by atoms with E-state index in [9.17, 15) is 4.79 Å². The SMILES string of the molecule is CCc1cc(C(NC)C(N)=O)ccc1OC. The third kappa shape index (κ3) is 2.52. The maximum atomic E-state index is 11.2. The van der Waals surface area contributed by atoms with E-state index >= 15 is 0 Å². The molecule has 0 aromatic heterocycles. The fourth-order valence-electron chi connectivity index (χ4n) is 1.73. The van der Waals surface area contributed by atoms with Gasteiger partial charge in [0.05, 0.1) is 7.11 Å². The van der Waals surface area contributed by atoms with Crippen LogP contribution in [0, 0.1) is 0 Å². The molecular formula is C12H18N2O2. The molecule has 0 aliphatic carbocycles. The molecule has 0 aliphatic rings. The Labute approximate surface area is 95.8 Å². The summed E-state index contributed by atoms with van der Waals surface area (Å²) in [5.74, 6) is 0.459. The Morgan fingerprint density at radius 3 is 2.69 bits per heavy atom. The van der Waals surface area contributed by atoms with Gasteiger partial charge in [0.1, 0.15) is 11.8 Å². The maximum absolute atomic E-state index is 11.2. The van der Waals surface area contributed by atoms with Crippen molar-refractivity contribution in [3.63, 3.8) is 0 Å². The van der Waals surface area contributed by atoms with E-state index in [1.807, 2.05) is 25.1 Å². The third-order valence-electron chi connectivity index (χ3n) is 2.59. The minimum atomic E-state index is -0.448. The summed E-state index contributed by atoms with van der Waals surface area (Å²) in [6.07, 6.45) is 0.853. The van der Waals surface area contributed by atoms with Crippen LogP contribution in [0.4, 0.5) is 0 Å². The molecule has 4 nitrogen and oxygen atoms in total. The summed E-state index contributed by atoms with van der Waals surface area (Å²) in [6.45, 7) is 2.04. The smallest absolute Gasteiger partial charge is 0.239 e. The third-order valence-corrected chi connectivity index (χ3v) is 2.59. The Bertz CT molecular complexity index is 377. The molecule has 0 aliphatic heterocycles. The van der Waals surface area contributed by atoms with E-state index in [1.165, 1.54) is 0 Å². The molecule has 0 saturated heterocycles. The zero-order valence-corrected chi connectivity index (χ0v) is 9.91. The van der Waals surface area contributed by atoms with Gasteiger partial charge in [-0.15, -0.1) is 0 Å². The van der Waals surface area contributed by atoms with Crippen LogP contribution in [0.3, 0.4) is 0 Å². The van der Waals surface area contributed by atoms with Crippen LogP contribution < -0.4 is 15.8 Å². The number of benzene rings is 1. The van der Waals surface area contributed by atoms with Gasteiger partial charge in [0, 0.05) is 0 Å². The van der Waals surface area contributed by atoms with Crippen LogP contribution in [0.2, 0.25) is 0 Å². The summed E-state index contributed by atoms with van der Waals surface area (Å²) in [5.41, 5.74) is 7.25. The summed E-state index contributed by atoms with van der Waals surface area (Å²) in [4.78, 5) is 11.2. The fraction of sp³-hybridized carbons (Fsp3) is 0.417. The number of aryl methyl sites for hydroxylation is 1. The fourth-order valence-corrected chi connectivity index (χ4v) is 1.73. The highest BCUT2D eigenvalue weighted by atomic mass is 16.5. The molecule has 0 saturated carbocycles. The second kappa shape index (κ2) is 5.51. The van der Waals surface area contributed by atoms with Gasteiger partial charge in [-0.25, -0.2) is 0 Å². The molecule has 4 heteroatoms. The van der Waals surface area contributed by atoms with Crippen LogP contribution >= 0.6 is 0 Å². The normalized spacial score (nSPS) is 12.2. The van der Waals surface area contributed by atoms with E-state index in [0.717, 1.165) is 23.3 Å². The van der Waals surface area contributed by atoms with Gasteiger partial charge in [-0.2, -0.15) is 0 Å².